The number of anilines is 1. The van der Waals surface area contributed by atoms with Gasteiger partial charge in [-0.05, 0) is 30.9 Å². The number of nitrogens with zero attached hydrogens (tertiary/aromatic N) is 2. The first kappa shape index (κ1) is 17.5. The minimum atomic E-state index is -4.83. The maximum Gasteiger partial charge on any atom is 0.423 e. The SMILES string of the molecule is COC(=O)C12CCCC1CN(c1ccc([N+](=O)[O-])c(C(F)(F)F)c1)C2. The van der Waals surface area contributed by atoms with Crippen molar-refractivity contribution in [3.05, 3.63) is 33.9 Å². The molecule has 6 nitrogen and oxygen atoms in total. The van der Waals surface area contributed by atoms with Gasteiger partial charge < -0.3 is 9.64 Å². The van der Waals surface area contributed by atoms with Crippen molar-refractivity contribution in [3.63, 3.8) is 0 Å². The average molecular weight is 358 g/mol. The van der Waals surface area contributed by atoms with Gasteiger partial charge in [-0.2, -0.15) is 13.2 Å². The maximum absolute atomic E-state index is 13.2. The predicted molar refractivity (Wildman–Crippen MR) is 82.1 cm³/mol. The molecule has 25 heavy (non-hydrogen) atoms. The standard InChI is InChI=1S/C16H17F3N2O4/c1-25-14(22)15-6-2-3-10(15)8-20(9-15)11-4-5-13(21(23)24)12(7-11)16(17,18)19/h4-5,7,10H,2-3,6,8-9H2,1H3. The fraction of sp³-hybridized carbons (Fsp3) is 0.562. The zero-order chi connectivity index (χ0) is 18.4. The van der Waals surface area contributed by atoms with Crippen LogP contribution in [0.15, 0.2) is 18.2 Å². The number of hydrogen-bond acceptors (Lipinski definition) is 5. The fourth-order valence-corrected chi connectivity index (χ4v) is 4.13. The number of ether oxygens (including phenoxy) is 1. The van der Waals surface area contributed by atoms with E-state index in [1.165, 1.54) is 13.2 Å². The monoisotopic (exact) mass is 358 g/mol. The second kappa shape index (κ2) is 5.89. The van der Waals surface area contributed by atoms with E-state index in [1.807, 2.05) is 0 Å². The Morgan fingerprint density at radius 1 is 1.44 bits per heavy atom. The molecule has 2 aliphatic rings. The Kier molecular flexibility index (Phi) is 4.12. The van der Waals surface area contributed by atoms with Gasteiger partial charge in [-0.15, -0.1) is 0 Å². The van der Waals surface area contributed by atoms with Crippen LogP contribution in [0.1, 0.15) is 24.8 Å². The molecular formula is C16H17F3N2O4. The molecule has 1 aliphatic carbocycles. The number of fused-ring (bicyclic) bond motifs is 1. The Hall–Kier alpha value is -2.32. The molecule has 2 fully saturated rings. The van der Waals surface area contributed by atoms with Crippen LogP contribution in [0.3, 0.4) is 0 Å². The first-order valence-electron chi connectivity index (χ1n) is 7.88. The molecule has 2 atom stereocenters. The normalized spacial score (nSPS) is 25.8. The van der Waals surface area contributed by atoms with Gasteiger partial charge in [0.1, 0.15) is 5.56 Å². The first-order chi connectivity index (χ1) is 11.7. The molecule has 9 heteroatoms. The van der Waals surface area contributed by atoms with Crippen LogP contribution in [0, 0.1) is 21.4 Å². The highest BCUT2D eigenvalue weighted by Gasteiger charge is 2.55. The Morgan fingerprint density at radius 3 is 2.76 bits per heavy atom. The highest BCUT2D eigenvalue weighted by molar-refractivity contribution is 5.80. The molecule has 1 aliphatic heterocycles. The van der Waals surface area contributed by atoms with Gasteiger partial charge >= 0.3 is 12.1 Å². The third kappa shape index (κ3) is 2.81. The summed E-state index contributed by atoms with van der Waals surface area (Å²) in [4.78, 5) is 23.8. The third-order valence-corrected chi connectivity index (χ3v) is 5.31. The van der Waals surface area contributed by atoms with Gasteiger partial charge in [0.05, 0.1) is 17.4 Å². The third-order valence-electron chi connectivity index (χ3n) is 5.31. The molecule has 0 aromatic heterocycles. The molecular weight excluding hydrogens is 341 g/mol. The Labute approximate surface area is 141 Å². The van der Waals surface area contributed by atoms with Crippen molar-refractivity contribution in [3.8, 4) is 0 Å². The molecule has 1 saturated heterocycles. The summed E-state index contributed by atoms with van der Waals surface area (Å²) in [5, 5.41) is 10.9. The Bertz CT molecular complexity index is 722. The van der Waals surface area contributed by atoms with E-state index in [0.29, 0.717) is 13.0 Å². The van der Waals surface area contributed by atoms with Crippen LogP contribution < -0.4 is 4.90 Å². The Balaban J connectivity index is 1.96. The summed E-state index contributed by atoms with van der Waals surface area (Å²) >= 11 is 0. The summed E-state index contributed by atoms with van der Waals surface area (Å²) in [7, 11) is 1.31. The van der Waals surface area contributed by atoms with Crippen molar-refractivity contribution >= 4 is 17.3 Å². The van der Waals surface area contributed by atoms with Gasteiger partial charge in [-0.25, -0.2) is 0 Å². The topological polar surface area (TPSA) is 72.7 Å². The summed E-state index contributed by atoms with van der Waals surface area (Å²) in [6, 6.07) is 2.97. The number of methoxy groups -OCH3 is 1. The molecule has 0 amide bonds. The van der Waals surface area contributed by atoms with E-state index in [1.54, 1.807) is 4.90 Å². The van der Waals surface area contributed by atoms with Crippen LogP contribution in [0.5, 0.6) is 0 Å². The maximum atomic E-state index is 13.2. The van der Waals surface area contributed by atoms with Gasteiger partial charge in [-0.3, -0.25) is 14.9 Å². The molecule has 1 heterocycles. The van der Waals surface area contributed by atoms with Crippen LogP contribution in [-0.4, -0.2) is 31.1 Å². The molecule has 136 valence electrons. The van der Waals surface area contributed by atoms with E-state index in [4.69, 9.17) is 4.74 Å². The van der Waals surface area contributed by atoms with Crippen molar-refractivity contribution < 1.29 is 27.6 Å². The van der Waals surface area contributed by atoms with Gasteiger partial charge in [0.15, 0.2) is 0 Å². The summed E-state index contributed by atoms with van der Waals surface area (Å²) in [6.07, 6.45) is -2.50. The number of rotatable bonds is 3. The second-order valence-corrected chi connectivity index (χ2v) is 6.57. The van der Waals surface area contributed by atoms with Crippen LogP contribution in [0.25, 0.3) is 0 Å². The summed E-state index contributed by atoms with van der Waals surface area (Å²) in [6.45, 7) is 0.698. The quantitative estimate of drug-likeness (QED) is 0.470. The number of nitro groups is 1. The molecule has 2 unspecified atom stereocenters. The van der Waals surface area contributed by atoms with Crippen molar-refractivity contribution in [1.29, 1.82) is 0 Å². The van der Waals surface area contributed by atoms with E-state index in [2.05, 4.69) is 0 Å². The predicted octanol–water partition coefficient (Wildman–Crippen LogP) is 3.39. The van der Waals surface area contributed by atoms with Crippen LogP contribution in [0.4, 0.5) is 24.5 Å². The van der Waals surface area contributed by atoms with Gasteiger partial charge in [0, 0.05) is 24.8 Å². The zero-order valence-corrected chi connectivity index (χ0v) is 13.5. The van der Waals surface area contributed by atoms with E-state index < -0.39 is 27.8 Å². The van der Waals surface area contributed by atoms with E-state index in [0.717, 1.165) is 25.0 Å². The minimum absolute atomic E-state index is 0.0180. The number of esters is 1. The van der Waals surface area contributed by atoms with E-state index in [-0.39, 0.29) is 24.1 Å². The lowest BCUT2D eigenvalue weighted by Crippen LogP contribution is -2.36. The highest BCUT2D eigenvalue weighted by Crippen LogP contribution is 2.51. The van der Waals surface area contributed by atoms with Gasteiger partial charge in [-0.1, -0.05) is 6.42 Å². The smallest absolute Gasteiger partial charge is 0.423 e. The lowest BCUT2D eigenvalue weighted by Gasteiger charge is -2.26. The van der Waals surface area contributed by atoms with Crippen molar-refractivity contribution in [2.24, 2.45) is 11.3 Å². The summed E-state index contributed by atoms with van der Waals surface area (Å²) in [5.41, 5.74) is -2.72. The zero-order valence-electron chi connectivity index (χ0n) is 13.5. The number of carbonyl (C=O) groups is 1. The summed E-state index contributed by atoms with van der Waals surface area (Å²) in [5.74, 6) is -0.320. The number of alkyl halides is 3. The molecule has 1 aromatic carbocycles. The minimum Gasteiger partial charge on any atom is -0.469 e. The molecule has 0 spiro atoms. The molecule has 0 radical (unpaired) electrons. The lowest BCUT2D eigenvalue weighted by atomic mass is 9.81. The van der Waals surface area contributed by atoms with Crippen molar-refractivity contribution in [2.75, 3.05) is 25.1 Å². The lowest BCUT2D eigenvalue weighted by molar-refractivity contribution is -0.388. The van der Waals surface area contributed by atoms with Crippen molar-refractivity contribution in [2.45, 2.75) is 25.4 Å². The van der Waals surface area contributed by atoms with Gasteiger partial charge in [0.25, 0.3) is 5.69 Å². The number of halogens is 3. The molecule has 1 aromatic rings. The largest absolute Gasteiger partial charge is 0.469 e. The first-order valence-corrected chi connectivity index (χ1v) is 7.88. The average Bonchev–Trinajstić information content (AvgIpc) is 3.10. The van der Waals surface area contributed by atoms with Crippen LogP contribution in [-0.2, 0) is 15.7 Å². The molecule has 0 bridgehead atoms. The highest BCUT2D eigenvalue weighted by atomic mass is 19.4. The number of hydrogen-bond donors (Lipinski definition) is 0. The van der Waals surface area contributed by atoms with Crippen LogP contribution in [0.2, 0.25) is 0 Å². The molecule has 0 N–H and O–H groups in total. The van der Waals surface area contributed by atoms with Crippen LogP contribution >= 0.6 is 0 Å². The fourth-order valence-electron chi connectivity index (χ4n) is 4.13. The van der Waals surface area contributed by atoms with Crippen molar-refractivity contribution in [1.82, 2.24) is 0 Å². The second-order valence-electron chi connectivity index (χ2n) is 6.57. The molecule has 1 saturated carbocycles. The number of carbonyl (C=O) groups excluding carboxylic acids is 1. The van der Waals surface area contributed by atoms with E-state index >= 15 is 0 Å². The molecule has 3 rings (SSSR count). The van der Waals surface area contributed by atoms with E-state index in [9.17, 15) is 28.1 Å². The Morgan fingerprint density at radius 2 is 2.16 bits per heavy atom. The summed E-state index contributed by atoms with van der Waals surface area (Å²) < 4.78 is 44.4. The number of nitro benzene ring substituents is 1. The number of benzene rings is 1. The van der Waals surface area contributed by atoms with Gasteiger partial charge in [0.2, 0.25) is 0 Å².